The molecule has 0 heterocycles. The first-order chi connectivity index (χ1) is 8.98. The van der Waals surface area contributed by atoms with Crippen molar-refractivity contribution in [3.8, 4) is 0 Å². The maximum atomic E-state index is 12.5. The van der Waals surface area contributed by atoms with Crippen LogP contribution < -0.4 is 0 Å². The van der Waals surface area contributed by atoms with E-state index in [2.05, 4.69) is 6.58 Å². The predicted molar refractivity (Wildman–Crippen MR) is 73.1 cm³/mol. The van der Waals surface area contributed by atoms with Crippen LogP contribution in [0.2, 0.25) is 0 Å². The summed E-state index contributed by atoms with van der Waals surface area (Å²) in [6.45, 7) is 4.85. The van der Waals surface area contributed by atoms with E-state index in [0.29, 0.717) is 11.1 Å². The van der Waals surface area contributed by atoms with Crippen LogP contribution in [0, 0.1) is 6.92 Å². The number of nitrogens with zero attached hydrogens (tertiary/aromatic N) is 1. The van der Waals surface area contributed by atoms with Crippen LogP contribution in [-0.2, 0) is 16.6 Å². The third-order valence-corrected chi connectivity index (χ3v) is 4.88. The highest BCUT2D eigenvalue weighted by Gasteiger charge is 2.25. The van der Waals surface area contributed by atoms with E-state index in [-0.39, 0.29) is 31.2 Å². The second-order valence-electron chi connectivity index (χ2n) is 4.07. The van der Waals surface area contributed by atoms with E-state index < -0.39 is 10.0 Å². The molecule has 0 spiro atoms. The monoisotopic (exact) mass is 285 g/mol. The molecule has 6 heteroatoms. The lowest BCUT2D eigenvalue weighted by Gasteiger charge is -2.21. The van der Waals surface area contributed by atoms with Crippen LogP contribution in [0.3, 0.4) is 0 Å². The fourth-order valence-corrected chi connectivity index (χ4v) is 3.49. The lowest BCUT2D eigenvalue weighted by Crippen LogP contribution is -2.34. The molecule has 0 fully saturated rings. The summed E-state index contributed by atoms with van der Waals surface area (Å²) in [5.74, 6) is 0. The van der Waals surface area contributed by atoms with Gasteiger partial charge >= 0.3 is 0 Å². The van der Waals surface area contributed by atoms with Crippen LogP contribution in [0.5, 0.6) is 0 Å². The Labute approximate surface area is 113 Å². The van der Waals surface area contributed by atoms with Gasteiger partial charge in [-0.2, -0.15) is 4.31 Å². The van der Waals surface area contributed by atoms with E-state index in [4.69, 9.17) is 5.11 Å². The molecule has 0 atom stereocenters. The minimum absolute atomic E-state index is 0.0111. The fraction of sp³-hybridized carbons (Fsp3) is 0.385. The molecule has 0 unspecified atom stereocenters. The molecule has 1 rings (SSSR count). The Kier molecular flexibility index (Phi) is 5.68. The van der Waals surface area contributed by atoms with Crippen LogP contribution in [0.25, 0.3) is 0 Å². The van der Waals surface area contributed by atoms with E-state index in [1.54, 1.807) is 19.1 Å². The molecular formula is C13H19NO4S. The summed E-state index contributed by atoms with van der Waals surface area (Å²) in [7, 11) is -3.70. The Morgan fingerprint density at radius 3 is 2.58 bits per heavy atom. The van der Waals surface area contributed by atoms with E-state index in [1.807, 2.05) is 0 Å². The van der Waals surface area contributed by atoms with Crippen molar-refractivity contribution in [1.29, 1.82) is 0 Å². The number of rotatable bonds is 7. The molecule has 1 aromatic rings. The second kappa shape index (κ2) is 6.81. The van der Waals surface area contributed by atoms with Crippen molar-refractivity contribution in [3.63, 3.8) is 0 Å². The van der Waals surface area contributed by atoms with E-state index in [0.717, 1.165) is 4.31 Å². The highest BCUT2D eigenvalue weighted by atomic mass is 32.2. The zero-order chi connectivity index (χ0) is 14.5. The van der Waals surface area contributed by atoms with Gasteiger partial charge in [-0.1, -0.05) is 18.2 Å². The van der Waals surface area contributed by atoms with Crippen LogP contribution in [0.1, 0.15) is 11.1 Å². The Morgan fingerprint density at radius 1 is 1.37 bits per heavy atom. The molecule has 0 radical (unpaired) electrons. The van der Waals surface area contributed by atoms with Crippen molar-refractivity contribution in [1.82, 2.24) is 4.31 Å². The lowest BCUT2D eigenvalue weighted by molar-refractivity contribution is 0.260. The van der Waals surface area contributed by atoms with Gasteiger partial charge in [0.25, 0.3) is 0 Å². The molecule has 2 N–H and O–H groups in total. The molecule has 106 valence electrons. The van der Waals surface area contributed by atoms with Crippen LogP contribution in [-0.4, -0.2) is 42.6 Å². The van der Waals surface area contributed by atoms with Crippen molar-refractivity contribution >= 4 is 10.0 Å². The summed E-state index contributed by atoms with van der Waals surface area (Å²) >= 11 is 0. The van der Waals surface area contributed by atoms with Crippen LogP contribution in [0.15, 0.2) is 35.7 Å². The normalized spacial score (nSPS) is 11.8. The van der Waals surface area contributed by atoms with Crippen LogP contribution >= 0.6 is 0 Å². The summed E-state index contributed by atoms with van der Waals surface area (Å²) in [6, 6.07) is 4.77. The van der Waals surface area contributed by atoms with Crippen molar-refractivity contribution in [2.45, 2.75) is 18.4 Å². The minimum atomic E-state index is -3.70. The van der Waals surface area contributed by atoms with Gasteiger partial charge in [0.15, 0.2) is 0 Å². The van der Waals surface area contributed by atoms with Gasteiger partial charge in [0.1, 0.15) is 0 Å². The smallest absolute Gasteiger partial charge is 0.243 e. The zero-order valence-electron chi connectivity index (χ0n) is 10.9. The average molecular weight is 285 g/mol. The number of sulfonamides is 1. The van der Waals surface area contributed by atoms with Gasteiger partial charge in [-0.25, -0.2) is 8.42 Å². The molecule has 0 aliphatic heterocycles. The molecule has 0 bridgehead atoms. The van der Waals surface area contributed by atoms with Gasteiger partial charge < -0.3 is 10.2 Å². The van der Waals surface area contributed by atoms with Crippen molar-refractivity contribution in [2.75, 3.05) is 19.7 Å². The lowest BCUT2D eigenvalue weighted by atomic mass is 10.1. The standard InChI is InChI=1S/C13H19NO4S/c1-3-7-14(8-9-15)19(17,18)13-6-4-5-12(10-16)11(13)2/h3-6,15-16H,1,7-10H2,2H3. The van der Waals surface area contributed by atoms with Gasteiger partial charge in [0.05, 0.1) is 18.1 Å². The zero-order valence-corrected chi connectivity index (χ0v) is 11.7. The first kappa shape index (κ1) is 15.8. The molecule has 0 amide bonds. The van der Waals surface area contributed by atoms with E-state index in [1.165, 1.54) is 12.1 Å². The molecule has 0 aliphatic carbocycles. The highest BCUT2D eigenvalue weighted by Crippen LogP contribution is 2.22. The molecule has 0 saturated heterocycles. The summed E-state index contributed by atoms with van der Waals surface area (Å²) in [6.07, 6.45) is 1.47. The van der Waals surface area contributed by atoms with E-state index in [9.17, 15) is 13.5 Å². The number of benzene rings is 1. The third-order valence-electron chi connectivity index (χ3n) is 2.87. The minimum Gasteiger partial charge on any atom is -0.395 e. The number of hydrogen-bond acceptors (Lipinski definition) is 4. The van der Waals surface area contributed by atoms with Crippen molar-refractivity contribution < 1.29 is 18.6 Å². The maximum absolute atomic E-state index is 12.5. The van der Waals surface area contributed by atoms with Gasteiger partial charge in [-0.3, -0.25) is 0 Å². The summed E-state index contributed by atoms with van der Waals surface area (Å²) in [5, 5.41) is 18.2. The third kappa shape index (κ3) is 3.42. The Balaban J connectivity index is 3.28. The number of hydrogen-bond donors (Lipinski definition) is 2. The summed E-state index contributed by atoms with van der Waals surface area (Å²) in [4.78, 5) is 0.148. The summed E-state index contributed by atoms with van der Waals surface area (Å²) < 4.78 is 26.1. The molecule has 0 aromatic heterocycles. The van der Waals surface area contributed by atoms with Gasteiger partial charge in [0.2, 0.25) is 10.0 Å². The molecule has 1 aromatic carbocycles. The topological polar surface area (TPSA) is 77.8 Å². The number of aliphatic hydroxyl groups excluding tert-OH is 2. The van der Waals surface area contributed by atoms with E-state index >= 15 is 0 Å². The first-order valence-electron chi connectivity index (χ1n) is 5.90. The quantitative estimate of drug-likeness (QED) is 0.721. The van der Waals surface area contributed by atoms with Crippen molar-refractivity contribution in [3.05, 3.63) is 42.0 Å². The van der Waals surface area contributed by atoms with Gasteiger partial charge in [0, 0.05) is 13.1 Å². The average Bonchev–Trinajstić information content (AvgIpc) is 2.38. The molecule has 0 aliphatic rings. The maximum Gasteiger partial charge on any atom is 0.243 e. The van der Waals surface area contributed by atoms with Gasteiger partial charge in [-0.15, -0.1) is 6.58 Å². The first-order valence-corrected chi connectivity index (χ1v) is 7.34. The molecule has 0 saturated carbocycles. The predicted octanol–water partition coefficient (Wildman–Crippen LogP) is 0.656. The Hall–Kier alpha value is -1.21. The Bertz CT molecular complexity index is 540. The molecule has 19 heavy (non-hydrogen) atoms. The molecule has 5 nitrogen and oxygen atoms in total. The highest BCUT2D eigenvalue weighted by molar-refractivity contribution is 7.89. The van der Waals surface area contributed by atoms with Gasteiger partial charge in [-0.05, 0) is 24.1 Å². The Morgan fingerprint density at radius 2 is 2.05 bits per heavy atom. The number of aliphatic hydroxyl groups is 2. The van der Waals surface area contributed by atoms with Crippen LogP contribution in [0.4, 0.5) is 0 Å². The second-order valence-corrected chi connectivity index (χ2v) is 5.98. The largest absolute Gasteiger partial charge is 0.395 e. The molecular weight excluding hydrogens is 266 g/mol. The van der Waals surface area contributed by atoms with Crippen molar-refractivity contribution in [2.24, 2.45) is 0 Å². The fourth-order valence-electron chi connectivity index (χ4n) is 1.81. The SMILES string of the molecule is C=CCN(CCO)S(=O)(=O)c1cccc(CO)c1C. The summed E-state index contributed by atoms with van der Waals surface area (Å²) in [5.41, 5.74) is 1.10.